The minimum absolute atomic E-state index is 0.260. The van der Waals surface area contributed by atoms with Crippen LogP contribution in [-0.4, -0.2) is 18.0 Å². The van der Waals surface area contributed by atoms with Crippen LogP contribution in [0.3, 0.4) is 0 Å². The smallest absolute Gasteiger partial charge is 0.0498 e. The summed E-state index contributed by atoms with van der Waals surface area (Å²) in [6, 6.07) is 7.18. The van der Waals surface area contributed by atoms with Crippen molar-refractivity contribution in [2.45, 2.75) is 53.5 Å². The van der Waals surface area contributed by atoms with Crippen molar-refractivity contribution < 1.29 is 0 Å². The van der Waals surface area contributed by atoms with E-state index in [1.54, 1.807) is 0 Å². The number of dihydropyridines is 1. The third kappa shape index (κ3) is 2.84. The second kappa shape index (κ2) is 6.25. The van der Waals surface area contributed by atoms with Crippen molar-refractivity contribution >= 4 is 0 Å². The molecule has 0 radical (unpaired) electrons. The Morgan fingerprint density at radius 1 is 1.16 bits per heavy atom. The predicted octanol–water partition coefficient (Wildman–Crippen LogP) is 5.33. The molecule has 2 heterocycles. The van der Waals surface area contributed by atoms with Crippen LogP contribution in [0.2, 0.25) is 0 Å². The first kappa shape index (κ1) is 17.6. The van der Waals surface area contributed by atoms with Crippen molar-refractivity contribution in [3.8, 4) is 0 Å². The third-order valence-corrected chi connectivity index (χ3v) is 5.65. The number of hydrogen-bond donors (Lipinski definition) is 1. The van der Waals surface area contributed by atoms with Gasteiger partial charge in [0.25, 0.3) is 0 Å². The van der Waals surface area contributed by atoms with Crippen molar-refractivity contribution in [1.82, 2.24) is 10.2 Å². The van der Waals surface area contributed by atoms with Crippen molar-refractivity contribution in [3.63, 3.8) is 0 Å². The summed E-state index contributed by atoms with van der Waals surface area (Å²) in [6.45, 7) is 17.5. The Hall–Kier alpha value is -2.22. The standard InChI is InChI=1S/C23H30N2/c1-13(2)20-17(6)24-23-16(5)12-25(8)18(7)21(23)22(20)19-10-9-14(3)11-15(19)4/h9-12,18,22,24H,1H2,2-8H3. The van der Waals surface area contributed by atoms with Crippen molar-refractivity contribution in [2.24, 2.45) is 0 Å². The van der Waals surface area contributed by atoms with E-state index in [0.29, 0.717) is 6.04 Å². The molecule has 2 heteroatoms. The lowest BCUT2D eigenvalue weighted by Crippen LogP contribution is -2.39. The Morgan fingerprint density at radius 3 is 2.44 bits per heavy atom. The summed E-state index contributed by atoms with van der Waals surface area (Å²) in [5.74, 6) is 0.260. The maximum absolute atomic E-state index is 4.30. The maximum atomic E-state index is 4.30. The quantitative estimate of drug-likeness (QED) is 0.786. The van der Waals surface area contributed by atoms with Crippen LogP contribution in [0.25, 0.3) is 0 Å². The highest BCUT2D eigenvalue weighted by atomic mass is 15.1. The molecule has 0 saturated heterocycles. The monoisotopic (exact) mass is 334 g/mol. The molecule has 0 saturated carbocycles. The van der Waals surface area contributed by atoms with E-state index in [2.05, 4.69) is 89.8 Å². The first-order valence-electron chi connectivity index (χ1n) is 9.08. The summed E-state index contributed by atoms with van der Waals surface area (Å²) in [7, 11) is 2.17. The molecule has 1 N–H and O–H groups in total. The lowest BCUT2D eigenvalue weighted by Gasteiger charge is -2.43. The number of rotatable bonds is 2. The van der Waals surface area contributed by atoms with Gasteiger partial charge in [-0.1, -0.05) is 35.9 Å². The van der Waals surface area contributed by atoms with Gasteiger partial charge in [0.15, 0.2) is 0 Å². The van der Waals surface area contributed by atoms with Gasteiger partial charge < -0.3 is 10.2 Å². The van der Waals surface area contributed by atoms with E-state index in [4.69, 9.17) is 0 Å². The van der Waals surface area contributed by atoms with Gasteiger partial charge in [-0.3, -0.25) is 0 Å². The summed E-state index contributed by atoms with van der Waals surface area (Å²) in [4.78, 5) is 2.32. The molecule has 0 aliphatic carbocycles. The van der Waals surface area contributed by atoms with Crippen LogP contribution < -0.4 is 5.32 Å². The van der Waals surface area contributed by atoms with Gasteiger partial charge >= 0.3 is 0 Å². The van der Waals surface area contributed by atoms with Crippen molar-refractivity contribution in [2.75, 3.05) is 7.05 Å². The SMILES string of the molecule is C=C(C)C1=C(C)NC2=C(C1c1ccc(C)cc1C)C(C)N(C)C=C2C. The zero-order valence-corrected chi connectivity index (χ0v) is 16.6. The third-order valence-electron chi connectivity index (χ3n) is 5.65. The molecular formula is C23H30N2. The fraction of sp³-hybridized carbons (Fsp3) is 0.391. The highest BCUT2D eigenvalue weighted by Crippen LogP contribution is 2.46. The number of allylic oxidation sites excluding steroid dienone is 4. The maximum Gasteiger partial charge on any atom is 0.0498 e. The van der Waals surface area contributed by atoms with Gasteiger partial charge in [-0.2, -0.15) is 0 Å². The largest absolute Gasteiger partial charge is 0.374 e. The molecule has 132 valence electrons. The predicted molar refractivity (Wildman–Crippen MR) is 107 cm³/mol. The Kier molecular flexibility index (Phi) is 4.40. The lowest BCUT2D eigenvalue weighted by atomic mass is 9.72. The molecule has 25 heavy (non-hydrogen) atoms. The van der Waals surface area contributed by atoms with Gasteiger partial charge in [-0.05, 0) is 69.4 Å². The molecule has 0 amide bonds. The number of nitrogens with zero attached hydrogens (tertiary/aromatic N) is 1. The van der Waals surface area contributed by atoms with E-state index in [1.807, 2.05) is 0 Å². The molecule has 0 fully saturated rings. The average Bonchev–Trinajstić information content (AvgIpc) is 2.51. The van der Waals surface area contributed by atoms with Gasteiger partial charge in [0.05, 0.1) is 0 Å². The Balaban J connectivity index is 2.29. The molecule has 3 rings (SSSR count). The van der Waals surface area contributed by atoms with Gasteiger partial charge in [0.1, 0.15) is 0 Å². The molecule has 2 atom stereocenters. The van der Waals surface area contributed by atoms with Crippen LogP contribution in [0.1, 0.15) is 50.3 Å². The normalized spacial score (nSPS) is 23.3. The first-order valence-corrected chi connectivity index (χ1v) is 9.08. The summed E-state index contributed by atoms with van der Waals surface area (Å²) >= 11 is 0. The molecule has 2 nitrogen and oxygen atoms in total. The minimum Gasteiger partial charge on any atom is -0.374 e. The average molecular weight is 335 g/mol. The second-order valence-electron chi connectivity index (χ2n) is 7.72. The Morgan fingerprint density at radius 2 is 1.84 bits per heavy atom. The summed E-state index contributed by atoms with van der Waals surface area (Å²) in [5, 5.41) is 3.68. The zero-order chi connectivity index (χ0) is 18.5. The second-order valence-corrected chi connectivity index (χ2v) is 7.72. The van der Waals surface area contributed by atoms with Crippen molar-refractivity contribution in [1.29, 1.82) is 0 Å². The molecule has 2 unspecified atom stereocenters. The fourth-order valence-corrected chi connectivity index (χ4v) is 4.36. The number of hydrogen-bond acceptors (Lipinski definition) is 2. The van der Waals surface area contributed by atoms with Crippen LogP contribution in [0.15, 0.2) is 64.7 Å². The van der Waals surface area contributed by atoms with Crippen LogP contribution in [-0.2, 0) is 0 Å². The van der Waals surface area contributed by atoms with Crippen LogP contribution in [0.4, 0.5) is 0 Å². The first-order chi connectivity index (χ1) is 11.7. The molecule has 1 aromatic carbocycles. The minimum atomic E-state index is 0.260. The van der Waals surface area contributed by atoms with E-state index >= 15 is 0 Å². The Bertz CT molecular complexity index is 836. The topological polar surface area (TPSA) is 15.3 Å². The van der Waals surface area contributed by atoms with Crippen LogP contribution in [0.5, 0.6) is 0 Å². The fourth-order valence-electron chi connectivity index (χ4n) is 4.36. The molecule has 2 aliphatic rings. The summed E-state index contributed by atoms with van der Waals surface area (Å²) in [5.41, 5.74) is 11.8. The van der Waals surface area contributed by atoms with E-state index < -0.39 is 0 Å². The van der Waals surface area contributed by atoms with E-state index in [0.717, 1.165) is 5.57 Å². The highest BCUT2D eigenvalue weighted by molar-refractivity contribution is 5.59. The molecule has 1 aromatic rings. The zero-order valence-electron chi connectivity index (χ0n) is 16.6. The Labute approximate surface area is 152 Å². The van der Waals surface area contributed by atoms with E-state index in [-0.39, 0.29) is 5.92 Å². The molecular weight excluding hydrogens is 304 g/mol. The van der Waals surface area contributed by atoms with Gasteiger partial charge in [0.2, 0.25) is 0 Å². The number of aryl methyl sites for hydroxylation is 2. The number of nitrogens with one attached hydrogen (secondary N) is 1. The van der Waals surface area contributed by atoms with Crippen LogP contribution >= 0.6 is 0 Å². The summed E-state index contributed by atoms with van der Waals surface area (Å²) in [6.07, 6.45) is 2.24. The molecule has 2 aliphatic heterocycles. The molecule has 0 bridgehead atoms. The highest BCUT2D eigenvalue weighted by Gasteiger charge is 2.37. The number of likely N-dealkylation sites (N-methyl/N-ethyl adjacent to an activating group) is 1. The summed E-state index contributed by atoms with van der Waals surface area (Å²) < 4.78 is 0. The van der Waals surface area contributed by atoms with Gasteiger partial charge in [-0.15, -0.1) is 0 Å². The van der Waals surface area contributed by atoms with E-state index in [1.165, 1.54) is 44.8 Å². The lowest BCUT2D eigenvalue weighted by molar-refractivity contribution is 0.364. The van der Waals surface area contributed by atoms with Crippen LogP contribution in [0, 0.1) is 13.8 Å². The van der Waals surface area contributed by atoms with Gasteiger partial charge in [0, 0.05) is 36.6 Å². The van der Waals surface area contributed by atoms with E-state index in [9.17, 15) is 0 Å². The molecule has 0 aromatic heterocycles. The van der Waals surface area contributed by atoms with Crippen molar-refractivity contribution in [3.05, 3.63) is 81.4 Å². The van der Waals surface area contributed by atoms with Gasteiger partial charge in [-0.25, -0.2) is 0 Å². The number of benzene rings is 1. The molecule has 0 spiro atoms.